The Morgan fingerprint density at radius 3 is 1.66 bits per heavy atom. The van der Waals surface area contributed by atoms with E-state index < -0.39 is 0 Å². The van der Waals surface area contributed by atoms with Gasteiger partial charge in [-0.15, -0.1) is 11.6 Å². The van der Waals surface area contributed by atoms with Crippen molar-refractivity contribution in [3.05, 3.63) is 58.7 Å². The standard InChI is InChI=1S/C26H37ClO2/c1-8-18(2)16-28-24-11-9-22(13-20(24)4)26(6,7)23-10-12-25(21(5)14-23)29-17-19(3)15-27/h9-14,18-19H,8,15-17H2,1-7H3/t18-,19-/m0/s1. The second-order valence-electron chi connectivity index (χ2n) is 8.98. The Labute approximate surface area is 182 Å². The summed E-state index contributed by atoms with van der Waals surface area (Å²) in [4.78, 5) is 0. The van der Waals surface area contributed by atoms with E-state index in [1.807, 2.05) is 0 Å². The number of hydrogen-bond acceptors (Lipinski definition) is 2. The Kier molecular flexibility index (Phi) is 8.46. The number of ether oxygens (including phenoxy) is 2. The molecule has 0 aliphatic carbocycles. The minimum absolute atomic E-state index is 0.104. The molecule has 0 aliphatic heterocycles. The van der Waals surface area contributed by atoms with Gasteiger partial charge in [0.2, 0.25) is 0 Å². The second-order valence-corrected chi connectivity index (χ2v) is 9.29. The lowest BCUT2D eigenvalue weighted by Gasteiger charge is -2.28. The van der Waals surface area contributed by atoms with Gasteiger partial charge in [-0.3, -0.25) is 0 Å². The van der Waals surface area contributed by atoms with Gasteiger partial charge in [-0.1, -0.05) is 65.3 Å². The number of rotatable bonds is 10. The molecule has 2 nitrogen and oxygen atoms in total. The predicted octanol–water partition coefficient (Wildman–Crippen LogP) is 7.31. The van der Waals surface area contributed by atoms with Crippen LogP contribution in [0.1, 0.15) is 63.3 Å². The summed E-state index contributed by atoms with van der Waals surface area (Å²) in [6.07, 6.45) is 1.13. The number of aryl methyl sites for hydroxylation is 2. The van der Waals surface area contributed by atoms with Crippen LogP contribution in [0.2, 0.25) is 0 Å². The molecule has 0 heterocycles. The van der Waals surface area contributed by atoms with E-state index in [0.29, 0.717) is 24.3 Å². The molecule has 0 saturated heterocycles. The van der Waals surface area contributed by atoms with Crippen LogP contribution < -0.4 is 9.47 Å². The van der Waals surface area contributed by atoms with Crippen LogP contribution >= 0.6 is 11.6 Å². The molecule has 2 rings (SSSR count). The Hall–Kier alpha value is -1.67. The highest BCUT2D eigenvalue weighted by Gasteiger charge is 2.24. The van der Waals surface area contributed by atoms with Crippen molar-refractivity contribution in [3.63, 3.8) is 0 Å². The fourth-order valence-electron chi connectivity index (χ4n) is 3.19. The normalized spacial score (nSPS) is 13.8. The van der Waals surface area contributed by atoms with Gasteiger partial charge in [0.1, 0.15) is 11.5 Å². The number of alkyl halides is 1. The minimum Gasteiger partial charge on any atom is -0.493 e. The predicted molar refractivity (Wildman–Crippen MR) is 125 cm³/mol. The molecular formula is C26H37ClO2. The first kappa shape index (κ1) is 23.6. The van der Waals surface area contributed by atoms with Crippen molar-refractivity contribution < 1.29 is 9.47 Å². The fraction of sp³-hybridized carbons (Fsp3) is 0.538. The highest BCUT2D eigenvalue weighted by Crippen LogP contribution is 2.36. The van der Waals surface area contributed by atoms with Crippen LogP contribution in [0.3, 0.4) is 0 Å². The Morgan fingerprint density at radius 1 is 0.828 bits per heavy atom. The summed E-state index contributed by atoms with van der Waals surface area (Å²) in [7, 11) is 0. The van der Waals surface area contributed by atoms with Crippen LogP contribution in [0.4, 0.5) is 0 Å². The molecule has 2 aromatic rings. The summed E-state index contributed by atoms with van der Waals surface area (Å²) in [5, 5.41) is 0. The highest BCUT2D eigenvalue weighted by atomic mass is 35.5. The molecular weight excluding hydrogens is 380 g/mol. The molecule has 0 bridgehead atoms. The molecule has 29 heavy (non-hydrogen) atoms. The van der Waals surface area contributed by atoms with E-state index in [4.69, 9.17) is 21.1 Å². The van der Waals surface area contributed by atoms with Crippen molar-refractivity contribution in [2.45, 2.75) is 60.3 Å². The van der Waals surface area contributed by atoms with E-state index >= 15 is 0 Å². The minimum atomic E-state index is -0.104. The largest absolute Gasteiger partial charge is 0.493 e. The van der Waals surface area contributed by atoms with E-state index in [0.717, 1.165) is 30.1 Å². The summed E-state index contributed by atoms with van der Waals surface area (Å²) >= 11 is 5.89. The summed E-state index contributed by atoms with van der Waals surface area (Å²) in [6, 6.07) is 13.1. The zero-order valence-corrected chi connectivity index (χ0v) is 19.9. The lowest BCUT2D eigenvalue weighted by atomic mass is 9.77. The average molecular weight is 417 g/mol. The Morgan fingerprint density at radius 2 is 1.28 bits per heavy atom. The van der Waals surface area contributed by atoms with Gasteiger partial charge in [0.05, 0.1) is 13.2 Å². The average Bonchev–Trinajstić information content (AvgIpc) is 2.71. The Bertz CT molecular complexity index is 732. The smallest absolute Gasteiger partial charge is 0.122 e. The number of benzene rings is 2. The van der Waals surface area contributed by atoms with E-state index in [1.165, 1.54) is 16.7 Å². The molecule has 3 heteroatoms. The summed E-state index contributed by atoms with van der Waals surface area (Å²) in [6.45, 7) is 16.7. The van der Waals surface area contributed by atoms with Crippen molar-refractivity contribution >= 4 is 11.6 Å². The molecule has 0 fully saturated rings. The molecule has 0 spiro atoms. The zero-order chi connectivity index (χ0) is 21.6. The third-order valence-corrected chi connectivity index (χ3v) is 6.33. The summed E-state index contributed by atoms with van der Waals surface area (Å²) in [5.41, 5.74) is 4.80. The first-order chi connectivity index (χ1) is 13.7. The highest BCUT2D eigenvalue weighted by molar-refractivity contribution is 6.18. The molecule has 0 saturated carbocycles. The molecule has 0 aliphatic rings. The SMILES string of the molecule is CC[C@H](C)COc1ccc(C(C)(C)c2ccc(OC[C@@H](C)CCl)c(C)c2)cc1C. The zero-order valence-electron chi connectivity index (χ0n) is 19.1. The molecule has 160 valence electrons. The lowest BCUT2D eigenvalue weighted by Crippen LogP contribution is -2.20. The van der Waals surface area contributed by atoms with Crippen LogP contribution in [0.15, 0.2) is 36.4 Å². The molecule has 0 unspecified atom stereocenters. The maximum absolute atomic E-state index is 6.03. The first-order valence-corrected chi connectivity index (χ1v) is 11.3. The topological polar surface area (TPSA) is 18.5 Å². The molecule has 0 aromatic heterocycles. The third-order valence-electron chi connectivity index (χ3n) is 5.80. The summed E-state index contributed by atoms with van der Waals surface area (Å²) < 4.78 is 12.0. The molecule has 2 aromatic carbocycles. The van der Waals surface area contributed by atoms with E-state index in [1.54, 1.807) is 0 Å². The van der Waals surface area contributed by atoms with Crippen molar-refractivity contribution in [1.29, 1.82) is 0 Å². The van der Waals surface area contributed by atoms with Crippen LogP contribution in [0.5, 0.6) is 11.5 Å². The molecule has 0 N–H and O–H groups in total. The number of halogens is 1. The van der Waals surface area contributed by atoms with Gasteiger partial charge in [-0.2, -0.15) is 0 Å². The lowest BCUT2D eigenvalue weighted by molar-refractivity contribution is 0.255. The first-order valence-electron chi connectivity index (χ1n) is 10.7. The van der Waals surface area contributed by atoms with Gasteiger partial charge in [0.15, 0.2) is 0 Å². The molecule has 2 atom stereocenters. The van der Waals surface area contributed by atoms with Crippen LogP contribution in [0.25, 0.3) is 0 Å². The maximum Gasteiger partial charge on any atom is 0.122 e. The molecule has 0 radical (unpaired) electrons. The van der Waals surface area contributed by atoms with Crippen LogP contribution in [0, 0.1) is 25.7 Å². The van der Waals surface area contributed by atoms with Gasteiger partial charge in [-0.25, -0.2) is 0 Å². The van der Waals surface area contributed by atoms with Gasteiger partial charge in [-0.05, 0) is 54.2 Å². The number of hydrogen-bond donors (Lipinski definition) is 0. The van der Waals surface area contributed by atoms with E-state index in [-0.39, 0.29) is 5.41 Å². The third kappa shape index (κ3) is 6.15. The van der Waals surface area contributed by atoms with E-state index in [2.05, 4.69) is 84.9 Å². The van der Waals surface area contributed by atoms with Gasteiger partial charge in [0, 0.05) is 17.2 Å². The van der Waals surface area contributed by atoms with E-state index in [9.17, 15) is 0 Å². The van der Waals surface area contributed by atoms with Crippen LogP contribution in [-0.4, -0.2) is 19.1 Å². The quantitative estimate of drug-likeness (QED) is 0.378. The van der Waals surface area contributed by atoms with Crippen molar-refractivity contribution in [2.24, 2.45) is 11.8 Å². The van der Waals surface area contributed by atoms with Gasteiger partial charge in [0.25, 0.3) is 0 Å². The van der Waals surface area contributed by atoms with Crippen LogP contribution in [-0.2, 0) is 5.41 Å². The van der Waals surface area contributed by atoms with Gasteiger partial charge < -0.3 is 9.47 Å². The maximum atomic E-state index is 6.03. The van der Waals surface area contributed by atoms with Crippen molar-refractivity contribution in [2.75, 3.05) is 19.1 Å². The second kappa shape index (κ2) is 10.4. The van der Waals surface area contributed by atoms with Crippen molar-refractivity contribution in [3.8, 4) is 11.5 Å². The Balaban J connectivity index is 2.19. The summed E-state index contributed by atoms with van der Waals surface area (Å²) in [5.74, 6) is 3.45. The van der Waals surface area contributed by atoms with Crippen molar-refractivity contribution in [1.82, 2.24) is 0 Å². The fourth-order valence-corrected chi connectivity index (χ4v) is 3.28. The molecule has 0 amide bonds. The monoisotopic (exact) mass is 416 g/mol. The van der Waals surface area contributed by atoms with Gasteiger partial charge >= 0.3 is 0 Å².